The normalized spacial score (nSPS) is 13.9. The summed E-state index contributed by atoms with van der Waals surface area (Å²) in [7, 11) is 0. The lowest BCUT2D eigenvalue weighted by Gasteiger charge is -2.30. The Morgan fingerprint density at radius 3 is 2.61 bits per heavy atom. The number of thiazole rings is 1. The van der Waals surface area contributed by atoms with Crippen LogP contribution in [0.1, 0.15) is 36.3 Å². The fraction of sp³-hybridized carbons (Fsp3) is 0.310. The van der Waals surface area contributed by atoms with Crippen LogP contribution in [0, 0.1) is 5.82 Å². The average Bonchev–Trinajstić information content (AvgIpc) is 3.40. The van der Waals surface area contributed by atoms with Gasteiger partial charge in [0.15, 0.2) is 0 Å². The van der Waals surface area contributed by atoms with Crippen molar-refractivity contribution in [3.8, 4) is 21.8 Å². The van der Waals surface area contributed by atoms with Crippen molar-refractivity contribution in [3.05, 3.63) is 83.2 Å². The van der Waals surface area contributed by atoms with Gasteiger partial charge in [-0.2, -0.15) is 0 Å². The quantitative estimate of drug-likeness (QED) is 0.284. The molecular weight excluding hydrogens is 501 g/mol. The van der Waals surface area contributed by atoms with E-state index < -0.39 is 0 Å². The van der Waals surface area contributed by atoms with Crippen molar-refractivity contribution in [1.29, 1.82) is 0 Å². The standard InChI is InChI=1S/C29H30FN5O2S/c1-2-37-29(36)35-18-14-21(15-19-35)27-34-25(22-10-6-7-11-23(22)30)26(38-27)24-13-17-32-28(33-24)31-16-12-20-8-4-3-5-9-20/h3-11,13,17,21H,2,12,14-16,18-19H2,1H3,(H,31,32,33). The third-order valence-corrected chi connectivity index (χ3v) is 7.81. The second kappa shape index (κ2) is 12.1. The molecule has 0 atom stereocenters. The number of carbonyl (C=O) groups excluding carboxylic acids is 1. The molecule has 1 saturated heterocycles. The Bertz CT molecular complexity index is 1370. The first-order valence-corrected chi connectivity index (χ1v) is 13.7. The smallest absolute Gasteiger partial charge is 0.409 e. The lowest BCUT2D eigenvalue weighted by Crippen LogP contribution is -2.38. The molecule has 0 bridgehead atoms. The van der Waals surface area contributed by atoms with Gasteiger partial charge in [-0.15, -0.1) is 11.3 Å². The first-order chi connectivity index (χ1) is 18.6. The van der Waals surface area contributed by atoms with E-state index in [1.807, 2.05) is 37.3 Å². The molecule has 1 N–H and O–H groups in total. The molecule has 1 aliphatic rings. The zero-order valence-corrected chi connectivity index (χ0v) is 22.1. The zero-order valence-electron chi connectivity index (χ0n) is 21.3. The fourth-order valence-electron chi connectivity index (χ4n) is 4.58. The second-order valence-corrected chi connectivity index (χ2v) is 10.1. The summed E-state index contributed by atoms with van der Waals surface area (Å²) in [6.45, 7) is 4.08. The number of nitrogens with zero attached hydrogens (tertiary/aromatic N) is 4. The molecule has 9 heteroatoms. The molecule has 5 rings (SSSR count). The number of likely N-dealkylation sites (tertiary alicyclic amines) is 1. The maximum Gasteiger partial charge on any atom is 0.409 e. The van der Waals surface area contributed by atoms with Gasteiger partial charge in [-0.1, -0.05) is 42.5 Å². The first kappa shape index (κ1) is 25.8. The average molecular weight is 532 g/mol. The molecule has 1 aliphatic heterocycles. The van der Waals surface area contributed by atoms with Crippen molar-refractivity contribution >= 4 is 23.4 Å². The number of nitrogens with one attached hydrogen (secondary N) is 1. The molecule has 2 aromatic carbocycles. The van der Waals surface area contributed by atoms with Crippen LogP contribution in [0.4, 0.5) is 15.1 Å². The summed E-state index contributed by atoms with van der Waals surface area (Å²) >= 11 is 1.54. The van der Waals surface area contributed by atoms with Crippen molar-refractivity contribution in [3.63, 3.8) is 0 Å². The highest BCUT2D eigenvalue weighted by Gasteiger charge is 2.29. The van der Waals surface area contributed by atoms with E-state index in [1.54, 1.807) is 34.6 Å². The van der Waals surface area contributed by atoms with Crippen molar-refractivity contribution < 1.29 is 13.9 Å². The van der Waals surface area contributed by atoms with Gasteiger partial charge in [-0.05, 0) is 49.9 Å². The van der Waals surface area contributed by atoms with Crippen LogP contribution in [0.3, 0.4) is 0 Å². The van der Waals surface area contributed by atoms with E-state index in [-0.39, 0.29) is 17.8 Å². The lowest BCUT2D eigenvalue weighted by molar-refractivity contribution is 0.0970. The van der Waals surface area contributed by atoms with E-state index in [4.69, 9.17) is 14.7 Å². The van der Waals surface area contributed by atoms with Crippen LogP contribution in [0.15, 0.2) is 66.9 Å². The van der Waals surface area contributed by atoms with Crippen LogP contribution in [-0.4, -0.2) is 52.2 Å². The van der Waals surface area contributed by atoms with Crippen molar-refractivity contribution in [2.45, 2.75) is 32.1 Å². The zero-order chi connectivity index (χ0) is 26.3. The van der Waals surface area contributed by atoms with Gasteiger partial charge in [0.05, 0.1) is 27.9 Å². The fourth-order valence-corrected chi connectivity index (χ4v) is 5.80. The third-order valence-electron chi connectivity index (χ3n) is 6.57. The summed E-state index contributed by atoms with van der Waals surface area (Å²) in [4.78, 5) is 28.8. The molecule has 196 valence electrons. The highest BCUT2D eigenvalue weighted by molar-refractivity contribution is 7.15. The van der Waals surface area contributed by atoms with Gasteiger partial charge >= 0.3 is 6.09 Å². The summed E-state index contributed by atoms with van der Waals surface area (Å²) in [6.07, 6.45) is 3.85. The summed E-state index contributed by atoms with van der Waals surface area (Å²) in [5.74, 6) is 0.379. The van der Waals surface area contributed by atoms with Gasteiger partial charge in [0.1, 0.15) is 5.82 Å². The molecule has 3 heterocycles. The van der Waals surface area contributed by atoms with Gasteiger partial charge in [0, 0.05) is 37.3 Å². The van der Waals surface area contributed by atoms with Crippen LogP contribution >= 0.6 is 11.3 Å². The van der Waals surface area contributed by atoms with E-state index in [2.05, 4.69) is 22.4 Å². The predicted octanol–water partition coefficient (Wildman–Crippen LogP) is 6.40. The molecule has 4 aromatic rings. The molecule has 1 fully saturated rings. The number of benzene rings is 2. The monoisotopic (exact) mass is 531 g/mol. The number of amides is 1. The van der Waals surface area contributed by atoms with Gasteiger partial charge in [-0.25, -0.2) is 24.1 Å². The predicted molar refractivity (Wildman–Crippen MR) is 148 cm³/mol. The van der Waals surface area contributed by atoms with Crippen molar-refractivity contribution in [2.75, 3.05) is 31.6 Å². The highest BCUT2D eigenvalue weighted by Crippen LogP contribution is 2.41. The molecule has 2 aromatic heterocycles. The van der Waals surface area contributed by atoms with Crippen LogP contribution in [-0.2, 0) is 11.2 Å². The number of ether oxygens (including phenoxy) is 1. The van der Waals surface area contributed by atoms with Crippen LogP contribution in [0.25, 0.3) is 21.8 Å². The van der Waals surface area contributed by atoms with E-state index >= 15 is 0 Å². The number of halogens is 1. The van der Waals surface area contributed by atoms with Crippen LogP contribution < -0.4 is 5.32 Å². The Morgan fingerprint density at radius 1 is 1.08 bits per heavy atom. The summed E-state index contributed by atoms with van der Waals surface area (Å²) < 4.78 is 20.1. The van der Waals surface area contributed by atoms with E-state index in [9.17, 15) is 9.18 Å². The van der Waals surface area contributed by atoms with Crippen molar-refractivity contribution in [1.82, 2.24) is 19.9 Å². The number of hydrogen-bond acceptors (Lipinski definition) is 7. The maximum absolute atomic E-state index is 14.9. The third kappa shape index (κ3) is 5.99. The topological polar surface area (TPSA) is 80.2 Å². The van der Waals surface area contributed by atoms with Crippen molar-refractivity contribution in [2.24, 2.45) is 0 Å². The van der Waals surface area contributed by atoms with Gasteiger partial charge in [0.25, 0.3) is 0 Å². The molecule has 0 unspecified atom stereocenters. The Labute approximate surface area is 225 Å². The van der Waals surface area contributed by atoms with Crippen LogP contribution in [0.2, 0.25) is 0 Å². The number of aromatic nitrogens is 3. The summed E-state index contributed by atoms with van der Waals surface area (Å²) in [5, 5.41) is 4.24. The minimum Gasteiger partial charge on any atom is -0.450 e. The molecule has 0 spiro atoms. The van der Waals surface area contributed by atoms with Crippen LogP contribution in [0.5, 0.6) is 0 Å². The number of carbonyl (C=O) groups is 1. The molecular formula is C29H30FN5O2S. The molecule has 0 radical (unpaired) electrons. The number of piperidine rings is 1. The van der Waals surface area contributed by atoms with E-state index in [0.29, 0.717) is 49.1 Å². The molecule has 0 saturated carbocycles. The first-order valence-electron chi connectivity index (χ1n) is 12.9. The Hall–Kier alpha value is -3.85. The largest absolute Gasteiger partial charge is 0.450 e. The number of rotatable bonds is 8. The molecule has 7 nitrogen and oxygen atoms in total. The summed E-state index contributed by atoms with van der Waals surface area (Å²) in [6, 6.07) is 18.8. The van der Waals surface area contributed by atoms with Gasteiger partial charge < -0.3 is 15.0 Å². The minimum atomic E-state index is -0.321. The Balaban J connectivity index is 1.39. The maximum atomic E-state index is 14.9. The van der Waals surface area contributed by atoms with E-state index in [1.165, 1.54) is 11.6 Å². The summed E-state index contributed by atoms with van der Waals surface area (Å²) in [5.41, 5.74) is 2.98. The number of hydrogen-bond donors (Lipinski definition) is 1. The van der Waals surface area contributed by atoms with E-state index in [0.717, 1.165) is 29.1 Å². The number of anilines is 1. The molecule has 0 aliphatic carbocycles. The molecule has 38 heavy (non-hydrogen) atoms. The minimum absolute atomic E-state index is 0.176. The molecule has 1 amide bonds. The van der Waals surface area contributed by atoms with Gasteiger partial charge in [0.2, 0.25) is 5.95 Å². The lowest BCUT2D eigenvalue weighted by atomic mass is 9.98. The Kier molecular flexibility index (Phi) is 8.23. The van der Waals surface area contributed by atoms with Gasteiger partial charge in [-0.3, -0.25) is 0 Å². The second-order valence-electron chi connectivity index (χ2n) is 9.10. The Morgan fingerprint density at radius 2 is 1.84 bits per heavy atom. The highest BCUT2D eigenvalue weighted by atomic mass is 32.1. The SMILES string of the molecule is CCOC(=O)N1CCC(c2nc(-c3ccccc3F)c(-c3ccnc(NCCc4ccccc4)n3)s2)CC1.